The number of amidine groups is 1. The number of thiophene rings is 1. The fourth-order valence-electron chi connectivity index (χ4n) is 8.91. The first-order valence-corrected chi connectivity index (χ1v) is 20.2. The Balaban J connectivity index is 1.000. The Kier molecular flexibility index (Phi) is 7.24. The molecular weight excluding hydrogens is 717 g/mol. The summed E-state index contributed by atoms with van der Waals surface area (Å²) in [7, 11) is 0. The van der Waals surface area contributed by atoms with E-state index >= 15 is 0 Å². The molecule has 0 spiro atoms. The fourth-order valence-corrected chi connectivity index (χ4v) is 10.1. The number of hydrogen-bond donors (Lipinski definition) is 2. The first-order chi connectivity index (χ1) is 28.3. The molecule has 0 bridgehead atoms. The van der Waals surface area contributed by atoms with Crippen LogP contribution in [-0.4, -0.2) is 10.4 Å². The minimum Gasteiger partial charge on any atom is -0.454 e. The molecule has 11 aromatic rings. The molecule has 2 atom stereocenters. The lowest BCUT2D eigenvalue weighted by atomic mass is 9.97. The molecule has 8 aromatic carbocycles. The SMILES string of the molecule is c1ccc(C2=NC(c3cccc4c3sc3ccc(-c5cccc6oc7c(-n8c9ccccc9c9ccccc98)cccc7c56)cc34)NC(c3ccccc3)N2)cc1. The standard InChI is InChI=1S/C51H34N4OS/c1-3-14-31(15-4-1)49-52-50(32-16-5-2-6-17-32)54-51(53-49)39-23-11-21-37-40-30-33(28-29-45(40)57-48(37)39)34-20-13-27-44-46(34)38-22-12-26-43(47(38)56-44)55-41-24-9-7-18-35(41)36-19-8-10-25-42(36)55/h1-30,49,51,53H,(H,52,54). The molecule has 2 N–H and O–H groups in total. The van der Waals surface area contributed by atoms with E-state index < -0.39 is 0 Å². The van der Waals surface area contributed by atoms with Crippen molar-refractivity contribution in [1.82, 2.24) is 15.2 Å². The van der Waals surface area contributed by atoms with E-state index in [-0.39, 0.29) is 12.3 Å². The molecule has 0 aliphatic carbocycles. The van der Waals surface area contributed by atoms with Crippen molar-refractivity contribution in [2.24, 2.45) is 4.99 Å². The molecule has 3 aromatic heterocycles. The maximum atomic E-state index is 6.83. The summed E-state index contributed by atoms with van der Waals surface area (Å²) in [6.07, 6.45) is -0.335. The summed E-state index contributed by atoms with van der Waals surface area (Å²) in [5.41, 5.74) is 10.9. The quantitative estimate of drug-likeness (QED) is 0.184. The lowest BCUT2D eigenvalue weighted by Gasteiger charge is -2.32. The third-order valence-electron chi connectivity index (χ3n) is 11.5. The lowest BCUT2D eigenvalue weighted by Crippen LogP contribution is -2.44. The summed E-state index contributed by atoms with van der Waals surface area (Å²) in [5.74, 6) is 0.885. The van der Waals surface area contributed by atoms with Crippen molar-refractivity contribution in [2.75, 3.05) is 0 Å². The van der Waals surface area contributed by atoms with Crippen LogP contribution in [0.4, 0.5) is 0 Å². The Hall–Kier alpha value is -6.99. The second-order valence-electron chi connectivity index (χ2n) is 14.7. The molecule has 2 unspecified atom stereocenters. The number of nitrogens with one attached hydrogen (secondary N) is 2. The zero-order valence-electron chi connectivity index (χ0n) is 30.7. The number of aliphatic imine (C=N–C) groups is 1. The lowest BCUT2D eigenvalue weighted by molar-refractivity contribution is 0.411. The highest BCUT2D eigenvalue weighted by Gasteiger charge is 2.27. The summed E-state index contributed by atoms with van der Waals surface area (Å²) < 4.78 is 11.7. The normalized spacial score (nSPS) is 15.9. The van der Waals surface area contributed by atoms with Gasteiger partial charge in [-0.05, 0) is 53.1 Å². The van der Waals surface area contributed by atoms with Gasteiger partial charge in [0.1, 0.15) is 23.8 Å². The fraction of sp³-hybridized carbons (Fsp3) is 0.0392. The minimum atomic E-state index is -0.238. The van der Waals surface area contributed by atoms with Crippen molar-refractivity contribution in [1.29, 1.82) is 0 Å². The average molecular weight is 751 g/mol. The maximum Gasteiger partial charge on any atom is 0.159 e. The van der Waals surface area contributed by atoms with E-state index in [1.165, 1.54) is 53.1 Å². The predicted octanol–water partition coefficient (Wildman–Crippen LogP) is 13.1. The zero-order valence-corrected chi connectivity index (χ0v) is 31.5. The summed E-state index contributed by atoms with van der Waals surface area (Å²) in [4.78, 5) is 5.29. The molecule has 1 aliphatic rings. The zero-order chi connectivity index (χ0) is 37.5. The maximum absolute atomic E-state index is 6.83. The van der Waals surface area contributed by atoms with Gasteiger partial charge in [0.05, 0.1) is 16.7 Å². The highest BCUT2D eigenvalue weighted by Crippen LogP contribution is 2.44. The largest absolute Gasteiger partial charge is 0.454 e. The van der Waals surface area contributed by atoms with Crippen LogP contribution in [0.1, 0.15) is 29.0 Å². The highest BCUT2D eigenvalue weighted by atomic mass is 32.1. The van der Waals surface area contributed by atoms with Crippen LogP contribution in [0.2, 0.25) is 0 Å². The number of para-hydroxylation sites is 3. The predicted molar refractivity (Wildman–Crippen MR) is 238 cm³/mol. The highest BCUT2D eigenvalue weighted by molar-refractivity contribution is 7.26. The van der Waals surface area contributed by atoms with E-state index in [1.807, 2.05) is 17.4 Å². The van der Waals surface area contributed by atoms with Crippen LogP contribution in [0, 0.1) is 0 Å². The molecule has 0 saturated carbocycles. The van der Waals surface area contributed by atoms with E-state index in [0.717, 1.165) is 50.2 Å². The van der Waals surface area contributed by atoms with Crippen LogP contribution < -0.4 is 10.6 Å². The van der Waals surface area contributed by atoms with E-state index in [1.54, 1.807) is 0 Å². The Morgan fingerprint density at radius 3 is 2.05 bits per heavy atom. The van der Waals surface area contributed by atoms with Crippen molar-refractivity contribution in [2.45, 2.75) is 12.3 Å². The smallest absolute Gasteiger partial charge is 0.159 e. The van der Waals surface area contributed by atoms with Crippen LogP contribution in [0.25, 0.3) is 80.7 Å². The van der Waals surface area contributed by atoms with Crippen molar-refractivity contribution >= 4 is 81.1 Å². The van der Waals surface area contributed by atoms with Crippen LogP contribution in [0.5, 0.6) is 0 Å². The Bertz CT molecular complexity index is 3320. The van der Waals surface area contributed by atoms with E-state index in [0.29, 0.717) is 0 Å². The second-order valence-corrected chi connectivity index (χ2v) is 15.8. The number of nitrogens with zero attached hydrogens (tertiary/aromatic N) is 2. The van der Waals surface area contributed by atoms with Gasteiger partial charge >= 0.3 is 0 Å². The minimum absolute atomic E-state index is 0.0964. The summed E-state index contributed by atoms with van der Waals surface area (Å²) >= 11 is 1.84. The molecule has 0 amide bonds. The summed E-state index contributed by atoms with van der Waals surface area (Å²) in [5, 5.41) is 14.7. The molecule has 6 heteroatoms. The van der Waals surface area contributed by atoms with Crippen LogP contribution in [0.15, 0.2) is 191 Å². The van der Waals surface area contributed by atoms with Crippen LogP contribution >= 0.6 is 11.3 Å². The topological polar surface area (TPSA) is 54.5 Å². The molecule has 4 heterocycles. The molecular formula is C51H34N4OS. The summed E-state index contributed by atoms with van der Waals surface area (Å²) in [6.45, 7) is 0. The van der Waals surface area contributed by atoms with Crippen LogP contribution in [0.3, 0.4) is 0 Å². The first kappa shape index (κ1) is 32.3. The first-order valence-electron chi connectivity index (χ1n) is 19.4. The number of rotatable bonds is 5. The van der Waals surface area contributed by atoms with Crippen molar-refractivity contribution in [3.8, 4) is 16.8 Å². The van der Waals surface area contributed by atoms with Gasteiger partial charge < -0.3 is 14.3 Å². The van der Waals surface area contributed by atoms with Crippen molar-refractivity contribution in [3.63, 3.8) is 0 Å². The van der Waals surface area contributed by atoms with Gasteiger partial charge in [0.2, 0.25) is 0 Å². The van der Waals surface area contributed by atoms with Crippen LogP contribution in [-0.2, 0) is 0 Å². The average Bonchev–Trinajstić information content (AvgIpc) is 3.96. The van der Waals surface area contributed by atoms with Crippen molar-refractivity contribution < 1.29 is 4.42 Å². The molecule has 270 valence electrons. The van der Waals surface area contributed by atoms with E-state index in [2.05, 4.69) is 191 Å². The van der Waals surface area contributed by atoms with Gasteiger partial charge in [-0.1, -0.05) is 146 Å². The molecule has 0 radical (unpaired) electrons. The van der Waals surface area contributed by atoms with Gasteiger partial charge in [-0.25, -0.2) is 4.99 Å². The summed E-state index contributed by atoms with van der Waals surface area (Å²) in [6, 6.07) is 64.8. The number of benzene rings is 8. The number of aromatic nitrogens is 1. The number of hydrogen-bond acceptors (Lipinski definition) is 5. The van der Waals surface area contributed by atoms with Gasteiger partial charge in [0.15, 0.2) is 5.58 Å². The Morgan fingerprint density at radius 1 is 0.561 bits per heavy atom. The van der Waals surface area contributed by atoms with Gasteiger partial charge in [0, 0.05) is 52.8 Å². The van der Waals surface area contributed by atoms with Gasteiger partial charge in [-0.2, -0.15) is 0 Å². The molecule has 12 rings (SSSR count). The van der Waals surface area contributed by atoms with E-state index in [9.17, 15) is 0 Å². The van der Waals surface area contributed by atoms with Gasteiger partial charge in [0.25, 0.3) is 0 Å². The van der Waals surface area contributed by atoms with Gasteiger partial charge in [-0.15, -0.1) is 11.3 Å². The third kappa shape index (κ3) is 5.08. The molecule has 1 aliphatic heterocycles. The van der Waals surface area contributed by atoms with Crippen molar-refractivity contribution in [3.05, 3.63) is 199 Å². The molecule has 0 saturated heterocycles. The number of fused-ring (bicyclic) bond motifs is 9. The molecule has 0 fully saturated rings. The Labute approximate surface area is 332 Å². The third-order valence-corrected chi connectivity index (χ3v) is 12.7. The van der Waals surface area contributed by atoms with E-state index in [4.69, 9.17) is 9.41 Å². The van der Waals surface area contributed by atoms with Gasteiger partial charge in [-0.3, -0.25) is 5.32 Å². The molecule has 5 nitrogen and oxygen atoms in total. The second kappa shape index (κ2) is 12.8. The Morgan fingerprint density at radius 2 is 1.25 bits per heavy atom. The monoisotopic (exact) mass is 750 g/mol. The molecule has 57 heavy (non-hydrogen) atoms. The number of furan rings is 1.